The molecule has 3 atom stereocenters. The molecule has 0 saturated heterocycles. The van der Waals surface area contributed by atoms with Gasteiger partial charge in [0.1, 0.15) is 18.4 Å². The molecule has 0 spiro atoms. The Hall–Kier alpha value is -1.47. The molecule has 0 aromatic carbocycles. The predicted octanol–water partition coefficient (Wildman–Crippen LogP) is -0.433. The number of carbonyl (C=O) groups excluding carboxylic acids is 3. The zero-order valence-corrected chi connectivity index (χ0v) is 13.8. The van der Waals surface area contributed by atoms with Gasteiger partial charge >= 0.3 is 0 Å². The molecule has 0 aliphatic carbocycles. The van der Waals surface area contributed by atoms with Crippen molar-refractivity contribution in [3.63, 3.8) is 0 Å². The number of hydrogen-bond acceptors (Lipinski definition) is 5. The molecule has 0 aliphatic heterocycles. The molecular weight excluding hydrogens is 286 g/mol. The number of aliphatic hydroxyl groups excluding tert-OH is 1. The first-order chi connectivity index (χ1) is 10.2. The van der Waals surface area contributed by atoms with Gasteiger partial charge in [0.15, 0.2) is 0 Å². The highest BCUT2D eigenvalue weighted by molar-refractivity contribution is 5.90. The van der Waals surface area contributed by atoms with Crippen LogP contribution in [0.25, 0.3) is 0 Å². The van der Waals surface area contributed by atoms with Gasteiger partial charge in [-0.3, -0.25) is 9.59 Å². The second-order valence-electron chi connectivity index (χ2n) is 6.36. The van der Waals surface area contributed by atoms with Crippen molar-refractivity contribution in [2.75, 3.05) is 6.61 Å². The van der Waals surface area contributed by atoms with Gasteiger partial charge < -0.3 is 26.3 Å². The summed E-state index contributed by atoms with van der Waals surface area (Å²) >= 11 is 0. The summed E-state index contributed by atoms with van der Waals surface area (Å²) in [7, 11) is 0. The maximum absolute atomic E-state index is 12.2. The maximum atomic E-state index is 12.2. The molecule has 0 radical (unpaired) electrons. The topological polar surface area (TPSA) is 122 Å². The van der Waals surface area contributed by atoms with Crippen LogP contribution in [0.5, 0.6) is 0 Å². The predicted molar refractivity (Wildman–Crippen MR) is 83.9 cm³/mol. The van der Waals surface area contributed by atoms with E-state index in [0.717, 1.165) is 0 Å². The van der Waals surface area contributed by atoms with Crippen molar-refractivity contribution in [3.8, 4) is 0 Å². The number of nitrogens with two attached hydrogens (primary N) is 1. The third kappa shape index (κ3) is 8.09. The zero-order valence-electron chi connectivity index (χ0n) is 13.8. The Morgan fingerprint density at radius 1 is 1.05 bits per heavy atom. The normalized spacial score (nSPS) is 15.3. The monoisotopic (exact) mass is 315 g/mol. The Kier molecular flexibility index (Phi) is 9.60. The van der Waals surface area contributed by atoms with E-state index >= 15 is 0 Å². The van der Waals surface area contributed by atoms with Crippen molar-refractivity contribution < 1.29 is 19.5 Å². The zero-order chi connectivity index (χ0) is 17.3. The molecule has 0 heterocycles. The van der Waals surface area contributed by atoms with Gasteiger partial charge in [-0.05, 0) is 24.7 Å². The first-order valence-electron chi connectivity index (χ1n) is 7.63. The largest absolute Gasteiger partial charge is 0.394 e. The van der Waals surface area contributed by atoms with E-state index in [4.69, 9.17) is 10.8 Å². The Balaban J connectivity index is 4.79. The fraction of sp³-hybridized carbons (Fsp3) is 0.800. The fourth-order valence-corrected chi connectivity index (χ4v) is 2.00. The summed E-state index contributed by atoms with van der Waals surface area (Å²) in [6, 6.07) is -2.43. The first kappa shape index (κ1) is 20.5. The molecule has 0 aromatic heterocycles. The molecule has 22 heavy (non-hydrogen) atoms. The number of amides is 2. The smallest absolute Gasteiger partial charge is 0.243 e. The maximum Gasteiger partial charge on any atom is 0.243 e. The van der Waals surface area contributed by atoms with Crippen LogP contribution in [0.1, 0.15) is 40.5 Å². The average molecular weight is 315 g/mol. The van der Waals surface area contributed by atoms with Crippen LogP contribution in [0.15, 0.2) is 0 Å². The molecule has 0 unspecified atom stereocenters. The minimum Gasteiger partial charge on any atom is -0.394 e. The van der Waals surface area contributed by atoms with Gasteiger partial charge in [-0.25, -0.2) is 0 Å². The molecule has 7 nitrogen and oxygen atoms in total. The summed E-state index contributed by atoms with van der Waals surface area (Å²) in [4.78, 5) is 34.9. The van der Waals surface area contributed by atoms with Crippen molar-refractivity contribution >= 4 is 18.1 Å². The van der Waals surface area contributed by atoms with Gasteiger partial charge in [0.05, 0.1) is 12.6 Å². The average Bonchev–Trinajstić information content (AvgIpc) is 2.42. The van der Waals surface area contributed by atoms with Crippen LogP contribution < -0.4 is 16.4 Å². The summed E-state index contributed by atoms with van der Waals surface area (Å²) in [6.45, 7) is 7.28. The van der Waals surface area contributed by atoms with E-state index in [1.165, 1.54) is 0 Å². The van der Waals surface area contributed by atoms with Gasteiger partial charge in [0.2, 0.25) is 11.8 Å². The molecule has 128 valence electrons. The van der Waals surface area contributed by atoms with E-state index < -0.39 is 30.6 Å². The van der Waals surface area contributed by atoms with Gasteiger partial charge in [0, 0.05) is 0 Å². The Morgan fingerprint density at radius 3 is 2.00 bits per heavy atom. The van der Waals surface area contributed by atoms with Crippen molar-refractivity contribution in [1.82, 2.24) is 10.6 Å². The van der Waals surface area contributed by atoms with E-state index in [-0.39, 0.29) is 17.7 Å². The molecule has 0 saturated carbocycles. The standard InChI is InChI=1S/C15H29N3O4/c1-9(2)5-12(16)14(21)18-13(6-10(3)4)15(22)17-11(7-19)8-20/h7,9-13,20H,5-6,8,16H2,1-4H3,(H,17,22)(H,18,21)/t11-,12+,13+/m1/s1. The van der Waals surface area contributed by atoms with Crippen molar-refractivity contribution in [1.29, 1.82) is 0 Å². The van der Waals surface area contributed by atoms with Crippen LogP contribution in [0.2, 0.25) is 0 Å². The van der Waals surface area contributed by atoms with Gasteiger partial charge in [-0.15, -0.1) is 0 Å². The molecule has 0 aromatic rings. The number of hydrogen-bond donors (Lipinski definition) is 4. The quantitative estimate of drug-likeness (QED) is 0.407. The number of rotatable bonds is 10. The highest BCUT2D eigenvalue weighted by Crippen LogP contribution is 2.07. The molecule has 0 aliphatic rings. The molecule has 7 heteroatoms. The molecule has 5 N–H and O–H groups in total. The number of carbonyl (C=O) groups is 3. The van der Waals surface area contributed by atoms with E-state index in [1.54, 1.807) is 0 Å². The Bertz CT molecular complexity index is 372. The minimum atomic E-state index is -0.969. The fourth-order valence-electron chi connectivity index (χ4n) is 2.00. The minimum absolute atomic E-state index is 0.168. The lowest BCUT2D eigenvalue weighted by Gasteiger charge is -2.23. The Morgan fingerprint density at radius 2 is 1.59 bits per heavy atom. The lowest BCUT2D eigenvalue weighted by Crippen LogP contribution is -2.54. The van der Waals surface area contributed by atoms with Gasteiger partial charge in [-0.2, -0.15) is 0 Å². The lowest BCUT2D eigenvalue weighted by molar-refractivity contribution is -0.131. The number of aldehydes is 1. The van der Waals surface area contributed by atoms with Crippen LogP contribution in [-0.2, 0) is 14.4 Å². The van der Waals surface area contributed by atoms with Crippen LogP contribution in [-0.4, -0.2) is 47.9 Å². The Labute approximate surface area is 132 Å². The third-order valence-electron chi connectivity index (χ3n) is 3.09. The molecule has 0 bridgehead atoms. The van der Waals surface area contributed by atoms with Gasteiger partial charge in [-0.1, -0.05) is 27.7 Å². The summed E-state index contributed by atoms with van der Waals surface area (Å²) in [5.74, 6) is -0.445. The number of nitrogens with one attached hydrogen (secondary N) is 2. The SMILES string of the molecule is CC(C)C[C@H](NC(=O)[C@@H](N)CC(C)C)C(=O)N[C@H](C=O)CO. The summed E-state index contributed by atoms with van der Waals surface area (Å²) in [5, 5.41) is 14.0. The van der Waals surface area contributed by atoms with Crippen molar-refractivity contribution in [3.05, 3.63) is 0 Å². The molecule has 2 amide bonds. The van der Waals surface area contributed by atoms with E-state index in [0.29, 0.717) is 19.1 Å². The summed E-state index contributed by atoms with van der Waals surface area (Å²) < 4.78 is 0. The highest BCUT2D eigenvalue weighted by Gasteiger charge is 2.26. The van der Waals surface area contributed by atoms with Gasteiger partial charge in [0.25, 0.3) is 0 Å². The molecule has 0 rings (SSSR count). The molecular formula is C15H29N3O4. The lowest BCUT2D eigenvalue weighted by atomic mass is 10.0. The van der Waals surface area contributed by atoms with Crippen molar-refractivity contribution in [2.24, 2.45) is 17.6 Å². The van der Waals surface area contributed by atoms with E-state index in [2.05, 4.69) is 10.6 Å². The van der Waals surface area contributed by atoms with Crippen LogP contribution in [0.4, 0.5) is 0 Å². The highest BCUT2D eigenvalue weighted by atomic mass is 16.3. The summed E-state index contributed by atoms with van der Waals surface area (Å²) in [5.41, 5.74) is 5.81. The second kappa shape index (κ2) is 10.3. The van der Waals surface area contributed by atoms with E-state index in [1.807, 2.05) is 27.7 Å². The van der Waals surface area contributed by atoms with Crippen LogP contribution in [0, 0.1) is 11.8 Å². The first-order valence-corrected chi connectivity index (χ1v) is 7.63. The van der Waals surface area contributed by atoms with Crippen LogP contribution >= 0.6 is 0 Å². The van der Waals surface area contributed by atoms with Crippen molar-refractivity contribution in [2.45, 2.75) is 58.7 Å². The second-order valence-corrected chi connectivity index (χ2v) is 6.36. The molecule has 0 fully saturated rings. The number of aliphatic hydroxyl groups is 1. The third-order valence-corrected chi connectivity index (χ3v) is 3.09. The summed E-state index contributed by atoms with van der Waals surface area (Å²) in [6.07, 6.45) is 1.40. The van der Waals surface area contributed by atoms with E-state index in [9.17, 15) is 14.4 Å². The van der Waals surface area contributed by atoms with Crippen LogP contribution in [0.3, 0.4) is 0 Å².